The summed E-state index contributed by atoms with van der Waals surface area (Å²) in [4.78, 5) is 35.0. The predicted octanol–water partition coefficient (Wildman–Crippen LogP) is 1.73. The van der Waals surface area contributed by atoms with Gasteiger partial charge >= 0.3 is 11.9 Å². The van der Waals surface area contributed by atoms with Crippen LogP contribution in [0, 0.1) is 11.8 Å². The second-order valence-electron chi connectivity index (χ2n) is 4.04. The van der Waals surface area contributed by atoms with Crippen LogP contribution in [-0.2, 0) is 23.9 Å². The van der Waals surface area contributed by atoms with E-state index in [0.29, 0.717) is 6.42 Å². The van der Waals surface area contributed by atoms with Gasteiger partial charge in [0.1, 0.15) is 5.78 Å². The molecule has 0 aliphatic rings. The molecule has 0 heterocycles. The molecule has 104 valence electrons. The van der Waals surface area contributed by atoms with Gasteiger partial charge in [-0.25, -0.2) is 0 Å². The summed E-state index contributed by atoms with van der Waals surface area (Å²) in [6.45, 7) is 7.30. The van der Waals surface area contributed by atoms with Crippen molar-refractivity contribution < 1.29 is 23.9 Å². The van der Waals surface area contributed by atoms with Crippen molar-refractivity contribution in [1.29, 1.82) is 0 Å². The fraction of sp³-hybridized carbons (Fsp3) is 0.769. The molecule has 0 rings (SSSR count). The molecule has 0 aliphatic carbocycles. The lowest BCUT2D eigenvalue weighted by Crippen LogP contribution is -2.31. The summed E-state index contributed by atoms with van der Waals surface area (Å²) in [6, 6.07) is 0. The predicted molar refractivity (Wildman–Crippen MR) is 65.8 cm³/mol. The summed E-state index contributed by atoms with van der Waals surface area (Å²) in [5.74, 6) is -2.80. The smallest absolute Gasteiger partial charge is 0.320 e. The molecule has 0 aromatic rings. The molecular formula is C13H22O5. The maximum atomic E-state index is 11.8. The van der Waals surface area contributed by atoms with Crippen LogP contribution in [0.2, 0.25) is 0 Å². The zero-order valence-electron chi connectivity index (χ0n) is 11.5. The Bertz CT molecular complexity index is 280. The van der Waals surface area contributed by atoms with E-state index in [2.05, 4.69) is 0 Å². The van der Waals surface area contributed by atoms with E-state index in [0.717, 1.165) is 0 Å². The Morgan fingerprint density at radius 1 is 0.944 bits per heavy atom. The van der Waals surface area contributed by atoms with Gasteiger partial charge in [-0.1, -0.05) is 13.8 Å². The van der Waals surface area contributed by atoms with Crippen LogP contribution < -0.4 is 0 Å². The molecule has 0 N–H and O–H groups in total. The highest BCUT2D eigenvalue weighted by Crippen LogP contribution is 2.15. The number of ketones is 1. The molecule has 0 aromatic carbocycles. The fourth-order valence-corrected chi connectivity index (χ4v) is 1.38. The Balaban J connectivity index is 4.71. The highest BCUT2D eigenvalue weighted by atomic mass is 16.6. The van der Waals surface area contributed by atoms with Crippen molar-refractivity contribution in [2.24, 2.45) is 11.8 Å². The first-order valence-corrected chi connectivity index (χ1v) is 6.33. The lowest BCUT2D eigenvalue weighted by atomic mass is 9.94. The maximum absolute atomic E-state index is 11.8. The average molecular weight is 258 g/mol. The molecule has 0 bridgehead atoms. The molecule has 5 nitrogen and oxygen atoms in total. The van der Waals surface area contributed by atoms with E-state index in [4.69, 9.17) is 9.47 Å². The number of carbonyl (C=O) groups excluding carboxylic acids is 3. The number of ether oxygens (including phenoxy) is 2. The molecule has 0 aliphatic heterocycles. The number of hydrogen-bond donors (Lipinski definition) is 0. The molecule has 18 heavy (non-hydrogen) atoms. The standard InChI is InChI=1S/C13H22O5/c1-5-9(4)11(14)8-10(12(15)17-6-2)13(16)18-7-3/h9-10H,5-8H2,1-4H3. The third kappa shape index (κ3) is 5.29. The summed E-state index contributed by atoms with van der Waals surface area (Å²) < 4.78 is 9.59. The van der Waals surface area contributed by atoms with Gasteiger partial charge in [-0.15, -0.1) is 0 Å². The molecule has 0 aromatic heterocycles. The minimum atomic E-state index is -1.13. The molecule has 0 spiro atoms. The SMILES string of the molecule is CCOC(=O)C(CC(=O)C(C)CC)C(=O)OCC. The lowest BCUT2D eigenvalue weighted by Gasteiger charge is -2.15. The van der Waals surface area contributed by atoms with Gasteiger partial charge in [0.25, 0.3) is 0 Å². The maximum Gasteiger partial charge on any atom is 0.320 e. The van der Waals surface area contributed by atoms with Crippen molar-refractivity contribution >= 4 is 17.7 Å². The Labute approximate surface area is 108 Å². The lowest BCUT2D eigenvalue weighted by molar-refractivity contribution is -0.163. The van der Waals surface area contributed by atoms with Gasteiger partial charge in [0.05, 0.1) is 13.2 Å². The number of carbonyl (C=O) groups is 3. The van der Waals surface area contributed by atoms with E-state index in [-0.39, 0.29) is 31.3 Å². The minimum absolute atomic E-state index is 0.122. The fourth-order valence-electron chi connectivity index (χ4n) is 1.38. The van der Waals surface area contributed by atoms with Crippen LogP contribution in [0.3, 0.4) is 0 Å². The van der Waals surface area contributed by atoms with Gasteiger partial charge in [0, 0.05) is 12.3 Å². The molecule has 0 amide bonds. The Morgan fingerprint density at radius 2 is 1.39 bits per heavy atom. The van der Waals surface area contributed by atoms with Gasteiger partial charge in [-0.05, 0) is 20.3 Å². The van der Waals surface area contributed by atoms with Crippen LogP contribution in [0.4, 0.5) is 0 Å². The van der Waals surface area contributed by atoms with Gasteiger partial charge in [0.15, 0.2) is 5.92 Å². The van der Waals surface area contributed by atoms with E-state index < -0.39 is 17.9 Å². The van der Waals surface area contributed by atoms with Crippen molar-refractivity contribution in [3.8, 4) is 0 Å². The third-order valence-corrected chi connectivity index (χ3v) is 2.71. The van der Waals surface area contributed by atoms with Crippen molar-refractivity contribution in [3.63, 3.8) is 0 Å². The Morgan fingerprint density at radius 3 is 1.72 bits per heavy atom. The summed E-state index contributed by atoms with van der Waals surface area (Å²) in [5, 5.41) is 0. The number of esters is 2. The first kappa shape index (κ1) is 16.6. The van der Waals surface area contributed by atoms with E-state index >= 15 is 0 Å². The molecule has 0 saturated heterocycles. The highest BCUT2D eigenvalue weighted by molar-refractivity contribution is 5.99. The van der Waals surface area contributed by atoms with Crippen LogP contribution in [0.5, 0.6) is 0 Å². The largest absolute Gasteiger partial charge is 0.465 e. The zero-order valence-corrected chi connectivity index (χ0v) is 11.5. The van der Waals surface area contributed by atoms with Crippen molar-refractivity contribution in [3.05, 3.63) is 0 Å². The van der Waals surface area contributed by atoms with Crippen LogP contribution >= 0.6 is 0 Å². The topological polar surface area (TPSA) is 69.7 Å². The molecular weight excluding hydrogens is 236 g/mol. The second kappa shape index (κ2) is 8.66. The molecule has 0 fully saturated rings. The van der Waals surface area contributed by atoms with E-state index in [1.54, 1.807) is 20.8 Å². The van der Waals surface area contributed by atoms with Crippen LogP contribution in [-0.4, -0.2) is 30.9 Å². The Hall–Kier alpha value is -1.39. The number of Topliss-reactive ketones (excluding diaryl/α,β-unsaturated/α-hetero) is 1. The second-order valence-corrected chi connectivity index (χ2v) is 4.04. The normalized spacial score (nSPS) is 12.1. The summed E-state index contributed by atoms with van der Waals surface area (Å²) in [5.41, 5.74) is 0. The monoisotopic (exact) mass is 258 g/mol. The summed E-state index contributed by atoms with van der Waals surface area (Å²) >= 11 is 0. The molecule has 1 unspecified atom stereocenters. The molecule has 5 heteroatoms. The van der Waals surface area contributed by atoms with Crippen LogP contribution in [0.1, 0.15) is 40.5 Å². The molecule has 0 radical (unpaired) electrons. The van der Waals surface area contributed by atoms with E-state index in [1.807, 2.05) is 6.92 Å². The van der Waals surface area contributed by atoms with Crippen molar-refractivity contribution in [1.82, 2.24) is 0 Å². The summed E-state index contributed by atoms with van der Waals surface area (Å²) in [6.07, 6.45) is 0.532. The minimum Gasteiger partial charge on any atom is -0.465 e. The van der Waals surface area contributed by atoms with Crippen LogP contribution in [0.15, 0.2) is 0 Å². The first-order chi connectivity index (χ1) is 8.47. The Kier molecular flexibility index (Phi) is 8.00. The van der Waals surface area contributed by atoms with Crippen LogP contribution in [0.25, 0.3) is 0 Å². The van der Waals surface area contributed by atoms with Gasteiger partial charge in [-0.3, -0.25) is 14.4 Å². The van der Waals surface area contributed by atoms with Gasteiger partial charge in [0.2, 0.25) is 0 Å². The number of hydrogen-bond acceptors (Lipinski definition) is 5. The summed E-state index contributed by atoms with van der Waals surface area (Å²) in [7, 11) is 0. The molecule has 0 saturated carbocycles. The van der Waals surface area contributed by atoms with Gasteiger partial charge < -0.3 is 9.47 Å². The molecule has 1 atom stereocenters. The third-order valence-electron chi connectivity index (χ3n) is 2.71. The zero-order chi connectivity index (χ0) is 14.1. The van der Waals surface area contributed by atoms with E-state index in [9.17, 15) is 14.4 Å². The van der Waals surface area contributed by atoms with Crippen molar-refractivity contribution in [2.75, 3.05) is 13.2 Å². The van der Waals surface area contributed by atoms with Gasteiger partial charge in [-0.2, -0.15) is 0 Å². The quantitative estimate of drug-likeness (QED) is 0.490. The first-order valence-electron chi connectivity index (χ1n) is 6.33. The average Bonchev–Trinajstić information content (AvgIpc) is 2.34. The number of rotatable bonds is 8. The highest BCUT2D eigenvalue weighted by Gasteiger charge is 2.32. The van der Waals surface area contributed by atoms with E-state index in [1.165, 1.54) is 0 Å². The van der Waals surface area contributed by atoms with Crippen molar-refractivity contribution in [2.45, 2.75) is 40.5 Å².